The van der Waals surface area contributed by atoms with Crippen molar-refractivity contribution in [2.75, 3.05) is 5.32 Å². The van der Waals surface area contributed by atoms with Crippen molar-refractivity contribution in [3.63, 3.8) is 0 Å². The number of hydrazone groups is 1. The van der Waals surface area contributed by atoms with Crippen molar-refractivity contribution in [1.29, 1.82) is 0 Å². The molecule has 0 aliphatic carbocycles. The fourth-order valence-electron chi connectivity index (χ4n) is 3.71. The van der Waals surface area contributed by atoms with Crippen molar-refractivity contribution in [1.82, 2.24) is 9.99 Å². The van der Waals surface area contributed by atoms with Crippen LogP contribution < -0.4 is 15.5 Å². The molecule has 0 saturated carbocycles. The molecule has 0 unspecified atom stereocenters. The van der Waals surface area contributed by atoms with Crippen molar-refractivity contribution >= 4 is 46.9 Å². The molecule has 4 aromatic rings. The van der Waals surface area contributed by atoms with Crippen LogP contribution in [0.3, 0.4) is 0 Å². The van der Waals surface area contributed by atoms with Crippen LogP contribution in [0.25, 0.3) is 5.69 Å². The number of rotatable bonds is 7. The number of benzene rings is 3. The van der Waals surface area contributed by atoms with Gasteiger partial charge in [0.25, 0.3) is 0 Å². The summed E-state index contributed by atoms with van der Waals surface area (Å²) in [5.41, 5.74) is 7.22. The summed E-state index contributed by atoms with van der Waals surface area (Å²) in [6, 6.07) is 23.8. The lowest BCUT2D eigenvalue weighted by Gasteiger charge is -2.10. The Morgan fingerprint density at radius 2 is 1.65 bits per heavy atom. The minimum atomic E-state index is -0.890. The van der Waals surface area contributed by atoms with Crippen molar-refractivity contribution in [2.45, 2.75) is 20.5 Å². The van der Waals surface area contributed by atoms with Gasteiger partial charge in [0.15, 0.2) is 0 Å². The lowest BCUT2D eigenvalue weighted by molar-refractivity contribution is -0.136. The Morgan fingerprint density at radius 1 is 0.919 bits per heavy atom. The van der Waals surface area contributed by atoms with Crippen molar-refractivity contribution in [3.05, 3.63) is 111 Å². The summed E-state index contributed by atoms with van der Waals surface area (Å²) < 4.78 is 7.72. The van der Waals surface area contributed by atoms with Crippen LogP contribution in [-0.2, 0) is 16.2 Å². The molecule has 0 radical (unpaired) electrons. The molecule has 0 fully saturated rings. The van der Waals surface area contributed by atoms with Crippen molar-refractivity contribution < 1.29 is 14.3 Å². The molecule has 188 valence electrons. The van der Waals surface area contributed by atoms with Gasteiger partial charge in [0.1, 0.15) is 12.4 Å². The summed E-state index contributed by atoms with van der Waals surface area (Å²) in [4.78, 5) is 24.5. The Hall–Kier alpha value is -4.07. The van der Waals surface area contributed by atoms with Gasteiger partial charge in [-0.25, -0.2) is 5.43 Å². The average Bonchev–Trinajstić information content (AvgIpc) is 3.18. The number of nitrogens with one attached hydrogen (secondary N) is 2. The van der Waals surface area contributed by atoms with Crippen LogP contribution in [0.1, 0.15) is 22.5 Å². The molecule has 0 aliphatic rings. The van der Waals surface area contributed by atoms with Gasteiger partial charge in [-0.05, 0) is 67.9 Å². The zero-order valence-electron chi connectivity index (χ0n) is 20.2. The molecule has 0 bridgehead atoms. The molecular weight excluding hydrogens is 511 g/mol. The first-order valence-electron chi connectivity index (χ1n) is 11.4. The van der Waals surface area contributed by atoms with Crippen LogP contribution >= 0.6 is 23.2 Å². The number of nitrogens with zero attached hydrogens (tertiary/aromatic N) is 2. The zero-order chi connectivity index (χ0) is 26.4. The highest BCUT2D eigenvalue weighted by molar-refractivity contribution is 6.42. The second-order valence-corrected chi connectivity index (χ2v) is 9.03. The molecule has 0 spiro atoms. The van der Waals surface area contributed by atoms with Gasteiger partial charge >= 0.3 is 11.8 Å². The number of aromatic nitrogens is 1. The summed E-state index contributed by atoms with van der Waals surface area (Å²) >= 11 is 12.2. The smallest absolute Gasteiger partial charge is 0.329 e. The van der Waals surface area contributed by atoms with E-state index < -0.39 is 11.8 Å². The van der Waals surface area contributed by atoms with Crippen LogP contribution in [0.15, 0.2) is 84.0 Å². The fraction of sp³-hybridized carbons (Fsp3) is 0.107. The molecule has 3 aromatic carbocycles. The maximum Gasteiger partial charge on any atom is 0.329 e. The fourth-order valence-corrected chi connectivity index (χ4v) is 4.01. The molecule has 9 heteroatoms. The molecule has 0 saturated heterocycles. The van der Waals surface area contributed by atoms with E-state index in [1.807, 2.05) is 60.9 Å². The Balaban J connectivity index is 1.32. The average molecular weight is 535 g/mol. The predicted octanol–water partition coefficient (Wildman–Crippen LogP) is 6.07. The third kappa shape index (κ3) is 6.58. The highest BCUT2D eigenvalue weighted by Crippen LogP contribution is 2.27. The lowest BCUT2D eigenvalue weighted by atomic mass is 10.2. The van der Waals surface area contributed by atoms with Gasteiger partial charge in [-0.3, -0.25) is 9.59 Å². The first-order valence-corrected chi connectivity index (χ1v) is 12.1. The summed E-state index contributed by atoms with van der Waals surface area (Å²) in [7, 11) is 0. The van der Waals surface area contributed by atoms with Gasteiger partial charge in [0.2, 0.25) is 0 Å². The van der Waals surface area contributed by atoms with Crippen LogP contribution in [0.4, 0.5) is 5.69 Å². The summed E-state index contributed by atoms with van der Waals surface area (Å²) in [5.74, 6) is -1.08. The number of carbonyl (C=O) groups excluding carboxylic acids is 2. The normalized spacial score (nSPS) is 10.9. The topological polar surface area (TPSA) is 84.7 Å². The summed E-state index contributed by atoms with van der Waals surface area (Å²) in [5, 5.41) is 7.41. The molecule has 37 heavy (non-hydrogen) atoms. The van der Waals surface area contributed by atoms with Gasteiger partial charge < -0.3 is 14.6 Å². The van der Waals surface area contributed by atoms with E-state index in [0.717, 1.165) is 28.2 Å². The Bertz CT molecular complexity index is 1450. The third-order valence-corrected chi connectivity index (χ3v) is 6.31. The van der Waals surface area contributed by atoms with Crippen molar-refractivity contribution in [2.24, 2.45) is 5.10 Å². The first kappa shape index (κ1) is 26.0. The van der Waals surface area contributed by atoms with Crippen LogP contribution in [0, 0.1) is 13.8 Å². The van der Waals surface area contributed by atoms with Crippen LogP contribution in [0.5, 0.6) is 5.75 Å². The monoisotopic (exact) mass is 534 g/mol. The maximum absolute atomic E-state index is 12.3. The second-order valence-electron chi connectivity index (χ2n) is 8.21. The van der Waals surface area contributed by atoms with Gasteiger partial charge in [0, 0.05) is 28.3 Å². The standard InChI is InChI=1S/C28H24Cl2N4O3/c1-18-14-21(19(2)34(18)23-10-13-25(29)26(30)15-23)16-31-33-28(36)27(35)32-22-8-11-24(12-9-22)37-17-20-6-4-3-5-7-20/h3-16H,17H2,1-2H3,(H,32,35)(H,33,36)/b31-16-. The quantitative estimate of drug-likeness (QED) is 0.171. The predicted molar refractivity (Wildman–Crippen MR) is 147 cm³/mol. The van der Waals surface area contributed by atoms with E-state index in [1.54, 1.807) is 36.4 Å². The van der Waals surface area contributed by atoms with E-state index >= 15 is 0 Å². The molecule has 0 aliphatic heterocycles. The Labute approximate surface area is 224 Å². The number of amides is 2. The van der Waals surface area contributed by atoms with E-state index in [-0.39, 0.29) is 0 Å². The molecule has 4 rings (SSSR count). The zero-order valence-corrected chi connectivity index (χ0v) is 21.7. The number of anilines is 1. The second kappa shape index (κ2) is 11.8. The van der Waals surface area contributed by atoms with Gasteiger partial charge in [-0.2, -0.15) is 5.10 Å². The molecule has 1 heterocycles. The molecule has 1 aromatic heterocycles. The SMILES string of the molecule is Cc1cc(/C=N\NC(=O)C(=O)Nc2ccc(OCc3ccccc3)cc2)c(C)n1-c1ccc(Cl)c(Cl)c1. The summed E-state index contributed by atoms with van der Waals surface area (Å²) in [6.07, 6.45) is 1.49. The van der Waals surface area contributed by atoms with E-state index in [1.165, 1.54) is 6.21 Å². The minimum absolute atomic E-state index is 0.433. The minimum Gasteiger partial charge on any atom is -0.489 e. The molecule has 7 nitrogen and oxygen atoms in total. The lowest BCUT2D eigenvalue weighted by Crippen LogP contribution is -2.32. The number of ether oxygens (including phenoxy) is 1. The van der Waals surface area contributed by atoms with Gasteiger partial charge in [-0.1, -0.05) is 53.5 Å². The number of halogens is 2. The molecule has 2 amide bonds. The number of aryl methyl sites for hydroxylation is 1. The van der Waals surface area contributed by atoms with E-state index in [0.29, 0.717) is 28.1 Å². The molecule has 0 atom stereocenters. The van der Waals surface area contributed by atoms with Crippen LogP contribution in [-0.4, -0.2) is 22.6 Å². The third-order valence-electron chi connectivity index (χ3n) is 5.57. The Kier molecular flexibility index (Phi) is 8.28. The highest BCUT2D eigenvalue weighted by Gasteiger charge is 2.14. The summed E-state index contributed by atoms with van der Waals surface area (Å²) in [6.45, 7) is 4.29. The first-order chi connectivity index (χ1) is 17.8. The highest BCUT2D eigenvalue weighted by atomic mass is 35.5. The number of hydrogen-bond donors (Lipinski definition) is 2. The van der Waals surface area contributed by atoms with E-state index in [2.05, 4.69) is 15.8 Å². The number of hydrogen-bond acceptors (Lipinski definition) is 4. The Morgan fingerprint density at radius 3 is 2.35 bits per heavy atom. The number of carbonyl (C=O) groups is 2. The van der Waals surface area contributed by atoms with Crippen LogP contribution in [0.2, 0.25) is 10.0 Å². The maximum atomic E-state index is 12.3. The van der Waals surface area contributed by atoms with Crippen molar-refractivity contribution in [3.8, 4) is 11.4 Å². The molecule has 2 N–H and O–H groups in total. The largest absolute Gasteiger partial charge is 0.489 e. The molecular formula is C28H24Cl2N4O3. The van der Waals surface area contributed by atoms with Gasteiger partial charge in [-0.15, -0.1) is 0 Å². The van der Waals surface area contributed by atoms with E-state index in [4.69, 9.17) is 27.9 Å². The van der Waals surface area contributed by atoms with Gasteiger partial charge in [0.05, 0.1) is 16.3 Å². The van der Waals surface area contributed by atoms with E-state index in [9.17, 15) is 9.59 Å².